The van der Waals surface area contributed by atoms with Gasteiger partial charge in [0.05, 0.1) is 5.02 Å². The first-order valence-corrected chi connectivity index (χ1v) is 10.7. The van der Waals surface area contributed by atoms with Gasteiger partial charge >= 0.3 is 0 Å². The van der Waals surface area contributed by atoms with Gasteiger partial charge in [0, 0.05) is 29.6 Å². The zero-order chi connectivity index (χ0) is 21.5. The number of nitrogens with one attached hydrogen (secondary N) is 3. The largest absolute Gasteiger partial charge is 0.484 e. The summed E-state index contributed by atoms with van der Waals surface area (Å²) in [6.45, 7) is 4.08. The van der Waals surface area contributed by atoms with Crippen LogP contribution < -0.4 is 20.9 Å². The number of rotatable bonds is 8. The average molecular weight is 440 g/mol. The van der Waals surface area contributed by atoms with E-state index in [2.05, 4.69) is 30.0 Å². The van der Waals surface area contributed by atoms with E-state index in [0.717, 1.165) is 12.5 Å². The van der Waals surface area contributed by atoms with Crippen LogP contribution >= 0.6 is 11.6 Å². The molecule has 7 nitrogen and oxygen atoms in total. The topological polar surface area (TPSA) is 88.7 Å². The Labute approximate surface area is 180 Å². The highest BCUT2D eigenvalue weighted by molar-refractivity contribution is 6.30. The Bertz CT molecular complexity index is 830. The Kier molecular flexibility index (Phi) is 5.67. The van der Waals surface area contributed by atoms with Gasteiger partial charge in [0.2, 0.25) is 0 Å². The molecule has 4 fully saturated rings. The van der Waals surface area contributed by atoms with Crippen molar-refractivity contribution in [3.8, 4) is 5.75 Å². The van der Waals surface area contributed by atoms with Crippen LogP contribution in [0, 0.1) is 11.7 Å². The lowest BCUT2D eigenvalue weighted by atomic mass is 9.44. The van der Waals surface area contributed by atoms with Gasteiger partial charge in [0.1, 0.15) is 11.6 Å². The van der Waals surface area contributed by atoms with Crippen molar-refractivity contribution in [1.82, 2.24) is 16.1 Å². The molecule has 2 unspecified atom stereocenters. The first-order valence-electron chi connectivity index (χ1n) is 10.3. The molecule has 1 heterocycles. The third-order valence-corrected chi connectivity index (χ3v) is 6.31. The molecule has 30 heavy (non-hydrogen) atoms. The van der Waals surface area contributed by atoms with Crippen molar-refractivity contribution in [2.75, 3.05) is 6.61 Å². The number of benzene rings is 1. The molecule has 3 aliphatic carbocycles. The fourth-order valence-electron chi connectivity index (χ4n) is 4.85. The number of amides is 2. The van der Waals surface area contributed by atoms with Crippen LogP contribution in [-0.2, 0) is 14.4 Å². The number of halogens is 2. The molecule has 4 aliphatic rings. The van der Waals surface area contributed by atoms with Gasteiger partial charge in [-0.15, -0.1) is 0 Å². The molecule has 3 N–H and O–H groups in total. The van der Waals surface area contributed by atoms with Gasteiger partial charge in [0.25, 0.3) is 11.8 Å². The summed E-state index contributed by atoms with van der Waals surface area (Å²) >= 11 is 5.63. The SMILES string of the molecule is CC(C)CC1CC(C(=O)NC23CC(NC(=O)COc4ccc(Cl)c(F)c4)(C2)C3)ON1. The number of ether oxygens (including phenoxy) is 1. The average Bonchev–Trinajstić information content (AvgIpc) is 3.07. The maximum absolute atomic E-state index is 13.4. The summed E-state index contributed by atoms with van der Waals surface area (Å²) in [5, 5.41) is 6.08. The lowest BCUT2D eigenvalue weighted by Crippen LogP contribution is -2.84. The van der Waals surface area contributed by atoms with Crippen LogP contribution in [0.25, 0.3) is 0 Å². The van der Waals surface area contributed by atoms with Crippen molar-refractivity contribution in [3.05, 3.63) is 29.0 Å². The molecule has 1 aliphatic heterocycles. The highest BCUT2D eigenvalue weighted by Crippen LogP contribution is 2.60. The fraction of sp³-hybridized carbons (Fsp3) is 0.619. The van der Waals surface area contributed by atoms with E-state index < -0.39 is 11.9 Å². The molecule has 2 bridgehead atoms. The van der Waals surface area contributed by atoms with Gasteiger partial charge in [0.15, 0.2) is 12.7 Å². The van der Waals surface area contributed by atoms with Gasteiger partial charge < -0.3 is 15.4 Å². The van der Waals surface area contributed by atoms with Crippen LogP contribution in [0.3, 0.4) is 0 Å². The van der Waals surface area contributed by atoms with Crippen molar-refractivity contribution in [2.24, 2.45) is 5.92 Å². The van der Waals surface area contributed by atoms with E-state index in [0.29, 0.717) is 31.6 Å². The van der Waals surface area contributed by atoms with Crippen LogP contribution in [0.1, 0.15) is 46.0 Å². The Morgan fingerprint density at radius 3 is 2.67 bits per heavy atom. The second-order valence-corrected chi connectivity index (χ2v) is 9.69. The van der Waals surface area contributed by atoms with Crippen molar-refractivity contribution >= 4 is 23.4 Å². The number of carbonyl (C=O) groups is 2. The summed E-state index contributed by atoms with van der Waals surface area (Å²) in [4.78, 5) is 30.2. The summed E-state index contributed by atoms with van der Waals surface area (Å²) in [7, 11) is 0. The van der Waals surface area contributed by atoms with Gasteiger partial charge in [-0.05, 0) is 43.7 Å². The smallest absolute Gasteiger partial charge is 0.258 e. The lowest BCUT2D eigenvalue weighted by Gasteiger charge is -2.70. The molecule has 3 saturated carbocycles. The summed E-state index contributed by atoms with van der Waals surface area (Å²) in [6.07, 6.45) is 3.26. The minimum absolute atomic E-state index is 0.00208. The highest BCUT2D eigenvalue weighted by Gasteiger charge is 2.69. The van der Waals surface area contributed by atoms with Crippen LogP contribution in [-0.4, -0.2) is 41.6 Å². The van der Waals surface area contributed by atoms with Crippen LogP contribution in [0.2, 0.25) is 5.02 Å². The molecule has 1 aromatic carbocycles. The normalized spacial score (nSPS) is 31.6. The Morgan fingerprint density at radius 1 is 1.30 bits per heavy atom. The highest BCUT2D eigenvalue weighted by atomic mass is 35.5. The van der Waals surface area contributed by atoms with Crippen molar-refractivity contribution in [2.45, 2.75) is 69.2 Å². The van der Waals surface area contributed by atoms with Crippen LogP contribution in [0.4, 0.5) is 4.39 Å². The molecular formula is C21H27ClFN3O4. The zero-order valence-electron chi connectivity index (χ0n) is 17.1. The predicted molar refractivity (Wildman–Crippen MR) is 108 cm³/mol. The first-order chi connectivity index (χ1) is 14.2. The van der Waals surface area contributed by atoms with E-state index in [1.54, 1.807) is 0 Å². The number of hydrogen-bond donors (Lipinski definition) is 3. The lowest BCUT2D eigenvalue weighted by molar-refractivity contribution is -0.156. The molecule has 164 valence electrons. The molecule has 2 amide bonds. The summed E-state index contributed by atoms with van der Waals surface area (Å²) in [6, 6.07) is 4.24. The Morgan fingerprint density at radius 2 is 2.00 bits per heavy atom. The summed E-state index contributed by atoms with van der Waals surface area (Å²) < 4.78 is 18.7. The van der Waals surface area contributed by atoms with Gasteiger partial charge in [-0.25, -0.2) is 4.39 Å². The van der Waals surface area contributed by atoms with Crippen LogP contribution in [0.15, 0.2) is 18.2 Å². The number of hydroxylamine groups is 1. The minimum Gasteiger partial charge on any atom is -0.484 e. The predicted octanol–water partition coefficient (Wildman–Crippen LogP) is 2.47. The maximum atomic E-state index is 13.4. The zero-order valence-corrected chi connectivity index (χ0v) is 17.9. The van der Waals surface area contributed by atoms with E-state index in [9.17, 15) is 14.0 Å². The van der Waals surface area contributed by atoms with Gasteiger partial charge in [-0.3, -0.25) is 14.4 Å². The third kappa shape index (κ3) is 4.40. The molecular weight excluding hydrogens is 413 g/mol. The molecule has 9 heteroatoms. The van der Waals surface area contributed by atoms with Crippen LogP contribution in [0.5, 0.6) is 5.75 Å². The molecule has 0 spiro atoms. The van der Waals surface area contributed by atoms with E-state index in [1.165, 1.54) is 12.1 Å². The molecule has 5 rings (SSSR count). The monoisotopic (exact) mass is 439 g/mol. The van der Waals surface area contributed by atoms with E-state index >= 15 is 0 Å². The second-order valence-electron chi connectivity index (χ2n) is 9.28. The quantitative estimate of drug-likeness (QED) is 0.579. The molecule has 1 aromatic rings. The van der Waals surface area contributed by atoms with Crippen molar-refractivity contribution < 1.29 is 23.6 Å². The van der Waals surface area contributed by atoms with E-state index in [4.69, 9.17) is 21.2 Å². The van der Waals surface area contributed by atoms with Crippen molar-refractivity contribution in [3.63, 3.8) is 0 Å². The Balaban J connectivity index is 1.18. The Hall–Kier alpha value is -1.90. The molecule has 0 aromatic heterocycles. The van der Waals surface area contributed by atoms with E-state index in [1.807, 2.05) is 0 Å². The van der Waals surface area contributed by atoms with Crippen molar-refractivity contribution in [1.29, 1.82) is 0 Å². The first kappa shape index (κ1) is 21.3. The molecule has 2 atom stereocenters. The summed E-state index contributed by atoms with van der Waals surface area (Å²) in [5.41, 5.74) is 2.43. The standard InChI is InChI=1S/C21H27ClFN3O4/c1-12(2)5-13-6-17(30-26-13)19(28)25-21-9-20(10-21,11-21)24-18(27)8-29-14-3-4-15(22)16(23)7-14/h3-4,7,12-13,17,26H,5-6,8-11H2,1-2H3,(H,24,27)(H,25,28). The van der Waals surface area contributed by atoms with Gasteiger partial charge in [-0.1, -0.05) is 25.4 Å². The number of carbonyl (C=O) groups excluding carboxylic acids is 2. The summed E-state index contributed by atoms with van der Waals surface area (Å²) in [5.74, 6) is -0.180. The minimum atomic E-state index is -0.594. The molecule has 0 radical (unpaired) electrons. The second kappa shape index (κ2) is 7.98. The third-order valence-electron chi connectivity index (χ3n) is 6.01. The fourth-order valence-corrected chi connectivity index (χ4v) is 4.97. The van der Waals surface area contributed by atoms with Gasteiger partial charge in [-0.2, -0.15) is 5.48 Å². The molecule has 1 saturated heterocycles. The maximum Gasteiger partial charge on any atom is 0.258 e. The van der Waals surface area contributed by atoms with E-state index in [-0.39, 0.29) is 46.3 Å². The number of hydrogen-bond acceptors (Lipinski definition) is 5.